The van der Waals surface area contributed by atoms with Gasteiger partial charge in [-0.25, -0.2) is 0 Å². The number of nitrogens with two attached hydrogens (primary N) is 1. The molecule has 3 rings (SSSR count). The van der Waals surface area contributed by atoms with Crippen molar-refractivity contribution in [2.75, 3.05) is 7.11 Å². The summed E-state index contributed by atoms with van der Waals surface area (Å²) in [5, 5.41) is 4.04. The average molecular weight is 259 g/mol. The standard InChI is InChI=1S/C14H17N3O2/c1-18-14(8-5-9-14)13-16-12(19-17-13)11(15)10-6-3-2-4-7-10/h2-4,6-7,11H,5,8-9,15H2,1H3/t11-/m0/s1. The van der Waals surface area contributed by atoms with Crippen LogP contribution in [-0.4, -0.2) is 17.3 Å². The molecule has 1 saturated carbocycles. The summed E-state index contributed by atoms with van der Waals surface area (Å²) < 4.78 is 10.8. The molecular weight excluding hydrogens is 242 g/mol. The van der Waals surface area contributed by atoms with Gasteiger partial charge in [0.25, 0.3) is 0 Å². The van der Waals surface area contributed by atoms with E-state index in [9.17, 15) is 0 Å². The van der Waals surface area contributed by atoms with E-state index in [2.05, 4.69) is 10.1 Å². The predicted octanol–water partition coefficient (Wildman–Crippen LogP) is 2.14. The first-order chi connectivity index (χ1) is 9.25. The summed E-state index contributed by atoms with van der Waals surface area (Å²) in [6.07, 6.45) is 2.99. The first-order valence-electron chi connectivity index (χ1n) is 6.45. The quantitative estimate of drug-likeness (QED) is 0.910. The molecule has 1 heterocycles. The molecule has 2 N–H and O–H groups in total. The first-order valence-corrected chi connectivity index (χ1v) is 6.45. The summed E-state index contributed by atoms with van der Waals surface area (Å²) in [7, 11) is 1.69. The first kappa shape index (κ1) is 12.3. The summed E-state index contributed by atoms with van der Waals surface area (Å²) in [5.74, 6) is 1.05. The van der Waals surface area contributed by atoms with Gasteiger partial charge in [-0.15, -0.1) is 0 Å². The highest BCUT2D eigenvalue weighted by Gasteiger charge is 2.43. The molecular formula is C14H17N3O2. The van der Waals surface area contributed by atoms with Crippen LogP contribution >= 0.6 is 0 Å². The Morgan fingerprint density at radius 1 is 1.32 bits per heavy atom. The van der Waals surface area contributed by atoms with Gasteiger partial charge in [-0.1, -0.05) is 35.5 Å². The van der Waals surface area contributed by atoms with Crippen molar-refractivity contribution in [2.45, 2.75) is 30.9 Å². The van der Waals surface area contributed by atoms with Crippen LogP contribution in [-0.2, 0) is 10.3 Å². The number of methoxy groups -OCH3 is 1. The molecule has 1 aliphatic rings. The van der Waals surface area contributed by atoms with E-state index in [1.165, 1.54) is 0 Å². The zero-order valence-electron chi connectivity index (χ0n) is 10.9. The molecule has 0 saturated heterocycles. The highest BCUT2D eigenvalue weighted by atomic mass is 16.5. The molecule has 19 heavy (non-hydrogen) atoms. The van der Waals surface area contributed by atoms with Gasteiger partial charge in [0.1, 0.15) is 11.6 Å². The second-order valence-electron chi connectivity index (χ2n) is 4.90. The minimum absolute atomic E-state index is 0.363. The van der Waals surface area contributed by atoms with Crippen molar-refractivity contribution in [3.05, 3.63) is 47.6 Å². The zero-order valence-corrected chi connectivity index (χ0v) is 10.9. The molecule has 1 atom stereocenters. The SMILES string of the molecule is COC1(c2noc([C@@H](N)c3ccccc3)n2)CCC1. The fourth-order valence-corrected chi connectivity index (χ4v) is 2.37. The smallest absolute Gasteiger partial charge is 0.248 e. The van der Waals surface area contributed by atoms with Gasteiger partial charge < -0.3 is 15.0 Å². The van der Waals surface area contributed by atoms with E-state index in [0.29, 0.717) is 11.7 Å². The summed E-state index contributed by atoms with van der Waals surface area (Å²) in [6.45, 7) is 0. The molecule has 0 spiro atoms. The van der Waals surface area contributed by atoms with Gasteiger partial charge in [0.2, 0.25) is 11.7 Å². The van der Waals surface area contributed by atoms with Crippen LogP contribution in [0.2, 0.25) is 0 Å². The fourth-order valence-electron chi connectivity index (χ4n) is 2.37. The lowest BCUT2D eigenvalue weighted by Gasteiger charge is -2.37. The molecule has 0 aliphatic heterocycles. The van der Waals surface area contributed by atoms with Crippen molar-refractivity contribution in [3.8, 4) is 0 Å². The van der Waals surface area contributed by atoms with Crippen molar-refractivity contribution < 1.29 is 9.26 Å². The lowest BCUT2D eigenvalue weighted by Crippen LogP contribution is -2.37. The maximum Gasteiger partial charge on any atom is 0.248 e. The number of hydrogen-bond acceptors (Lipinski definition) is 5. The van der Waals surface area contributed by atoms with E-state index >= 15 is 0 Å². The number of aromatic nitrogens is 2. The topological polar surface area (TPSA) is 74.2 Å². The molecule has 5 heteroatoms. The van der Waals surface area contributed by atoms with Crippen LogP contribution in [0.1, 0.15) is 42.6 Å². The molecule has 5 nitrogen and oxygen atoms in total. The number of benzene rings is 1. The number of rotatable bonds is 4. The van der Waals surface area contributed by atoms with Crippen LogP contribution in [0.25, 0.3) is 0 Å². The molecule has 0 radical (unpaired) electrons. The average Bonchev–Trinajstić information content (AvgIpc) is 2.88. The van der Waals surface area contributed by atoms with Gasteiger partial charge in [0.15, 0.2) is 0 Å². The predicted molar refractivity (Wildman–Crippen MR) is 69.3 cm³/mol. The Bertz CT molecular complexity index is 543. The van der Waals surface area contributed by atoms with E-state index in [-0.39, 0.29) is 5.60 Å². The number of hydrogen-bond donors (Lipinski definition) is 1. The Kier molecular flexibility index (Phi) is 3.08. The lowest BCUT2D eigenvalue weighted by molar-refractivity contribution is -0.0858. The third-order valence-electron chi connectivity index (χ3n) is 3.83. The van der Waals surface area contributed by atoms with Crippen molar-refractivity contribution in [2.24, 2.45) is 5.73 Å². The van der Waals surface area contributed by atoms with E-state index in [1.807, 2.05) is 30.3 Å². The summed E-state index contributed by atoms with van der Waals surface area (Å²) in [4.78, 5) is 4.42. The lowest BCUT2D eigenvalue weighted by atomic mass is 9.79. The molecule has 0 unspecified atom stereocenters. The van der Waals surface area contributed by atoms with Gasteiger partial charge in [0.05, 0.1) is 0 Å². The third kappa shape index (κ3) is 2.05. The number of nitrogens with zero attached hydrogens (tertiary/aromatic N) is 2. The van der Waals surface area contributed by atoms with Gasteiger partial charge >= 0.3 is 0 Å². The summed E-state index contributed by atoms with van der Waals surface area (Å²) >= 11 is 0. The molecule has 100 valence electrons. The van der Waals surface area contributed by atoms with Crippen LogP contribution in [0.4, 0.5) is 0 Å². The molecule has 0 bridgehead atoms. The Labute approximate surface area is 111 Å². The second kappa shape index (κ2) is 4.75. The molecule has 1 aromatic carbocycles. The largest absolute Gasteiger partial charge is 0.370 e. The molecule has 1 aliphatic carbocycles. The van der Waals surface area contributed by atoms with Gasteiger partial charge in [-0.3, -0.25) is 0 Å². The minimum atomic E-state index is -0.392. The highest BCUT2D eigenvalue weighted by Crippen LogP contribution is 2.42. The molecule has 2 aromatic rings. The fraction of sp³-hybridized carbons (Fsp3) is 0.429. The highest BCUT2D eigenvalue weighted by molar-refractivity contribution is 5.23. The molecule has 1 aromatic heterocycles. The van der Waals surface area contributed by atoms with E-state index in [0.717, 1.165) is 24.8 Å². The Morgan fingerprint density at radius 2 is 2.05 bits per heavy atom. The zero-order chi connectivity index (χ0) is 13.3. The van der Waals surface area contributed by atoms with Crippen molar-refractivity contribution in [1.82, 2.24) is 10.1 Å². The van der Waals surface area contributed by atoms with Gasteiger partial charge in [0, 0.05) is 7.11 Å². The van der Waals surface area contributed by atoms with E-state index in [4.69, 9.17) is 15.0 Å². The number of ether oxygens (including phenoxy) is 1. The van der Waals surface area contributed by atoms with Crippen molar-refractivity contribution in [1.29, 1.82) is 0 Å². The van der Waals surface area contributed by atoms with Crippen LogP contribution in [0, 0.1) is 0 Å². The molecule has 1 fully saturated rings. The summed E-state index contributed by atoms with van der Waals surface area (Å²) in [6, 6.07) is 9.33. The van der Waals surface area contributed by atoms with Crippen molar-refractivity contribution in [3.63, 3.8) is 0 Å². The normalized spacial score (nSPS) is 18.8. The summed E-state index contributed by atoms with van der Waals surface area (Å²) in [5.41, 5.74) is 6.73. The monoisotopic (exact) mass is 259 g/mol. The van der Waals surface area contributed by atoms with E-state index in [1.54, 1.807) is 7.11 Å². The maximum absolute atomic E-state index is 6.14. The van der Waals surface area contributed by atoms with Crippen LogP contribution in [0.3, 0.4) is 0 Å². The van der Waals surface area contributed by atoms with Crippen LogP contribution < -0.4 is 5.73 Å². The van der Waals surface area contributed by atoms with Gasteiger partial charge in [-0.05, 0) is 24.8 Å². The minimum Gasteiger partial charge on any atom is -0.370 e. The van der Waals surface area contributed by atoms with E-state index < -0.39 is 6.04 Å². The Balaban J connectivity index is 1.85. The Morgan fingerprint density at radius 3 is 2.63 bits per heavy atom. The van der Waals surface area contributed by atoms with Crippen LogP contribution in [0.15, 0.2) is 34.9 Å². The Hall–Kier alpha value is -1.72. The maximum atomic E-state index is 6.14. The van der Waals surface area contributed by atoms with Crippen LogP contribution in [0.5, 0.6) is 0 Å². The third-order valence-corrected chi connectivity index (χ3v) is 3.83. The van der Waals surface area contributed by atoms with Crippen molar-refractivity contribution >= 4 is 0 Å². The molecule has 0 amide bonds. The van der Waals surface area contributed by atoms with Gasteiger partial charge in [-0.2, -0.15) is 4.98 Å². The second-order valence-corrected chi connectivity index (χ2v) is 4.90.